The van der Waals surface area contributed by atoms with Crippen LogP contribution in [0.4, 0.5) is 11.4 Å². The third-order valence-corrected chi connectivity index (χ3v) is 7.64. The minimum atomic E-state index is -0.732. The number of nitro groups is 2. The van der Waals surface area contributed by atoms with Crippen LogP contribution in [0.25, 0.3) is 11.1 Å². The van der Waals surface area contributed by atoms with E-state index in [1.54, 1.807) is 24.3 Å². The van der Waals surface area contributed by atoms with Crippen molar-refractivity contribution in [1.29, 1.82) is 0 Å². The van der Waals surface area contributed by atoms with Crippen molar-refractivity contribution in [1.82, 2.24) is 0 Å². The smallest absolute Gasteiger partial charge is 0.258 e. The number of non-ortho nitro benzene ring substituents is 2. The van der Waals surface area contributed by atoms with E-state index in [-0.39, 0.29) is 11.4 Å². The topological polar surface area (TPSA) is 86.3 Å². The number of rotatable bonds is 6. The van der Waals surface area contributed by atoms with E-state index >= 15 is 0 Å². The molecule has 0 N–H and O–H groups in total. The third-order valence-electron chi connectivity index (χ3n) is 6.59. The molecule has 1 aliphatic rings. The van der Waals surface area contributed by atoms with Gasteiger partial charge in [-0.15, -0.1) is 0 Å². The predicted molar refractivity (Wildman–Crippen MR) is 142 cm³/mol. The first-order valence-electron chi connectivity index (χ1n) is 10.8. The molecule has 0 spiro atoms. The maximum atomic E-state index is 11.7. The van der Waals surface area contributed by atoms with Crippen LogP contribution in [0.2, 0.25) is 0 Å². The molecule has 6 nitrogen and oxygen atoms in total. The quantitative estimate of drug-likeness (QED) is 0.169. The van der Waals surface area contributed by atoms with E-state index in [9.17, 15) is 20.2 Å². The number of hydrogen-bond donors (Lipinski definition) is 0. The van der Waals surface area contributed by atoms with Crippen molar-refractivity contribution in [2.45, 2.75) is 18.3 Å². The molecule has 0 heterocycles. The summed E-state index contributed by atoms with van der Waals surface area (Å²) < 4.78 is 1.89. The first kappa shape index (κ1) is 23.4. The third kappa shape index (κ3) is 4.28. The van der Waals surface area contributed by atoms with Gasteiger partial charge in [0.25, 0.3) is 11.4 Å². The summed E-state index contributed by atoms with van der Waals surface area (Å²) in [4.78, 5) is 22.7. The molecule has 0 saturated heterocycles. The number of fused-ring (bicyclic) bond motifs is 3. The van der Waals surface area contributed by atoms with Gasteiger partial charge in [-0.2, -0.15) is 0 Å². The van der Waals surface area contributed by atoms with Crippen LogP contribution in [-0.4, -0.2) is 9.85 Å². The molecular weight excluding hydrogens is 576 g/mol. The normalized spacial score (nSPS) is 13.2. The molecule has 0 aromatic heterocycles. The maximum Gasteiger partial charge on any atom is 0.269 e. The van der Waals surface area contributed by atoms with Crippen molar-refractivity contribution in [2.24, 2.45) is 0 Å². The fraction of sp³-hybridized carbons (Fsp3) is 0.111. The van der Waals surface area contributed by atoms with Crippen molar-refractivity contribution >= 4 is 43.2 Å². The van der Waals surface area contributed by atoms with Crippen LogP contribution in [-0.2, 0) is 18.3 Å². The van der Waals surface area contributed by atoms with Crippen molar-refractivity contribution in [3.05, 3.63) is 136 Å². The largest absolute Gasteiger partial charge is 0.269 e. The number of benzene rings is 4. The van der Waals surface area contributed by atoms with Crippen LogP contribution in [0, 0.1) is 20.2 Å². The predicted octanol–water partition coefficient (Wildman–Crippen LogP) is 7.78. The van der Waals surface area contributed by atoms with E-state index in [1.165, 1.54) is 12.1 Å². The minimum absolute atomic E-state index is 0.00189. The summed E-state index contributed by atoms with van der Waals surface area (Å²) >= 11 is 6.96. The highest BCUT2D eigenvalue weighted by atomic mass is 79.9. The van der Waals surface area contributed by atoms with Gasteiger partial charge in [0.1, 0.15) is 0 Å². The Kier molecular flexibility index (Phi) is 6.02. The fourth-order valence-corrected chi connectivity index (χ4v) is 5.57. The van der Waals surface area contributed by atoms with Crippen molar-refractivity contribution in [3.63, 3.8) is 0 Å². The Hall–Kier alpha value is -3.36. The van der Waals surface area contributed by atoms with Gasteiger partial charge in [0.05, 0.1) is 9.85 Å². The lowest BCUT2D eigenvalue weighted by Gasteiger charge is -2.33. The Labute approximate surface area is 218 Å². The summed E-state index contributed by atoms with van der Waals surface area (Å²) in [7, 11) is 0. The molecular formula is C27H18Br2N2O4. The lowest BCUT2D eigenvalue weighted by Crippen LogP contribution is -2.31. The van der Waals surface area contributed by atoms with Gasteiger partial charge in [-0.25, -0.2) is 0 Å². The monoisotopic (exact) mass is 592 g/mol. The standard InChI is InChI=1S/C27H18Br2N2O4/c28-19-5-1-17(2-6-19)15-27(16-18-3-7-20(29)8-4-18)25-13-21(30(32)33)9-11-23(25)24-12-10-22(31(34)35)14-26(24)27/h1-14H,15-16H2. The van der Waals surface area contributed by atoms with E-state index < -0.39 is 15.3 Å². The molecule has 4 aromatic rings. The minimum Gasteiger partial charge on any atom is -0.258 e. The maximum absolute atomic E-state index is 11.7. The van der Waals surface area contributed by atoms with Gasteiger partial charge >= 0.3 is 0 Å². The molecule has 0 unspecified atom stereocenters. The summed E-state index contributed by atoms with van der Waals surface area (Å²) in [6, 6.07) is 25.7. The molecule has 0 atom stereocenters. The van der Waals surface area contributed by atoms with Gasteiger partial charge in [-0.3, -0.25) is 20.2 Å². The molecule has 8 heteroatoms. The number of hydrogen-bond acceptors (Lipinski definition) is 4. The average Bonchev–Trinajstić information content (AvgIpc) is 3.10. The molecule has 1 aliphatic carbocycles. The highest BCUT2D eigenvalue weighted by molar-refractivity contribution is 9.10. The lowest BCUT2D eigenvalue weighted by molar-refractivity contribution is -0.385. The van der Waals surface area contributed by atoms with E-state index in [2.05, 4.69) is 31.9 Å². The van der Waals surface area contributed by atoms with Crippen LogP contribution in [0.15, 0.2) is 93.9 Å². The van der Waals surface area contributed by atoms with Gasteiger partial charge in [-0.1, -0.05) is 56.1 Å². The fourth-order valence-electron chi connectivity index (χ4n) is 5.04. The summed E-state index contributed by atoms with van der Waals surface area (Å²) in [5, 5.41) is 23.5. The summed E-state index contributed by atoms with van der Waals surface area (Å²) in [6.07, 6.45) is 1.05. The van der Waals surface area contributed by atoms with Crippen molar-refractivity contribution in [2.75, 3.05) is 0 Å². The Morgan fingerprint density at radius 2 is 0.971 bits per heavy atom. The highest BCUT2D eigenvalue weighted by Gasteiger charge is 2.45. The number of nitro benzene ring substituents is 2. The molecule has 0 bridgehead atoms. The summed E-state index contributed by atoms with van der Waals surface area (Å²) in [5.41, 5.74) is 4.70. The molecule has 0 amide bonds. The molecule has 0 radical (unpaired) electrons. The van der Waals surface area contributed by atoms with Crippen LogP contribution < -0.4 is 0 Å². The molecule has 0 saturated carbocycles. The Morgan fingerprint density at radius 3 is 1.31 bits per heavy atom. The van der Waals surface area contributed by atoms with E-state index in [4.69, 9.17) is 0 Å². The van der Waals surface area contributed by atoms with Crippen molar-refractivity contribution in [3.8, 4) is 11.1 Å². The van der Waals surface area contributed by atoms with E-state index in [0.29, 0.717) is 12.8 Å². The summed E-state index contributed by atoms with van der Waals surface area (Å²) in [6.45, 7) is 0. The molecule has 0 aliphatic heterocycles. The Bertz CT molecular complexity index is 1360. The zero-order valence-corrected chi connectivity index (χ0v) is 21.5. The zero-order chi connectivity index (χ0) is 24.7. The van der Waals surface area contributed by atoms with E-state index in [0.717, 1.165) is 42.3 Å². The van der Waals surface area contributed by atoms with Gasteiger partial charge in [0.15, 0.2) is 0 Å². The van der Waals surface area contributed by atoms with Gasteiger partial charge in [-0.05, 0) is 82.6 Å². The second-order valence-corrected chi connectivity index (χ2v) is 10.5. The highest BCUT2D eigenvalue weighted by Crippen LogP contribution is 2.54. The first-order chi connectivity index (χ1) is 16.8. The number of halogens is 2. The van der Waals surface area contributed by atoms with Crippen LogP contribution >= 0.6 is 31.9 Å². The van der Waals surface area contributed by atoms with Gasteiger partial charge in [0, 0.05) is 38.6 Å². The van der Waals surface area contributed by atoms with Gasteiger partial charge < -0.3 is 0 Å². The molecule has 5 rings (SSSR count). The Balaban J connectivity index is 1.80. The SMILES string of the molecule is O=[N+]([O-])c1ccc2c(c1)C(Cc1ccc(Br)cc1)(Cc1ccc(Br)cc1)c1cc([N+](=O)[O-])ccc1-2. The first-order valence-corrected chi connectivity index (χ1v) is 12.4. The van der Waals surface area contributed by atoms with Crippen LogP contribution in [0.3, 0.4) is 0 Å². The average molecular weight is 594 g/mol. The Morgan fingerprint density at radius 1 is 0.600 bits per heavy atom. The second-order valence-electron chi connectivity index (χ2n) is 8.66. The van der Waals surface area contributed by atoms with Crippen LogP contribution in [0.5, 0.6) is 0 Å². The molecule has 0 fully saturated rings. The van der Waals surface area contributed by atoms with Gasteiger partial charge in [0.2, 0.25) is 0 Å². The number of nitrogens with zero attached hydrogens (tertiary/aromatic N) is 2. The zero-order valence-electron chi connectivity index (χ0n) is 18.3. The molecule has 4 aromatic carbocycles. The molecule has 35 heavy (non-hydrogen) atoms. The lowest BCUT2D eigenvalue weighted by atomic mass is 9.69. The summed E-state index contributed by atoms with van der Waals surface area (Å²) in [5.74, 6) is 0. The van der Waals surface area contributed by atoms with E-state index in [1.807, 2.05) is 48.5 Å². The van der Waals surface area contributed by atoms with Crippen molar-refractivity contribution < 1.29 is 9.85 Å². The molecule has 174 valence electrons. The van der Waals surface area contributed by atoms with Crippen LogP contribution in [0.1, 0.15) is 22.3 Å². The second kappa shape index (κ2) is 9.02.